The van der Waals surface area contributed by atoms with Gasteiger partial charge in [0.25, 0.3) is 11.8 Å². The Bertz CT molecular complexity index is 1560. The molecular weight excluding hydrogens is 458 g/mol. The fraction of sp³-hybridized carbons (Fsp3) is 0.185. The molecular formula is C27H25N5O4. The molecule has 0 spiro atoms. The van der Waals surface area contributed by atoms with Gasteiger partial charge in [-0.1, -0.05) is 0 Å². The highest BCUT2D eigenvalue weighted by molar-refractivity contribution is 6.12. The molecule has 1 aromatic carbocycles. The van der Waals surface area contributed by atoms with Crippen LogP contribution in [0.25, 0.3) is 22.3 Å². The molecule has 0 aliphatic carbocycles. The summed E-state index contributed by atoms with van der Waals surface area (Å²) in [6.45, 7) is 7.78. The van der Waals surface area contributed by atoms with Gasteiger partial charge in [-0.3, -0.25) is 9.59 Å². The smallest absolute Gasteiger partial charge is 0.291 e. The van der Waals surface area contributed by atoms with Crippen molar-refractivity contribution in [2.24, 2.45) is 0 Å². The number of benzene rings is 1. The molecule has 36 heavy (non-hydrogen) atoms. The van der Waals surface area contributed by atoms with Crippen LogP contribution in [0.2, 0.25) is 0 Å². The van der Waals surface area contributed by atoms with Crippen LogP contribution in [0.5, 0.6) is 0 Å². The second-order valence-electron chi connectivity index (χ2n) is 8.77. The maximum Gasteiger partial charge on any atom is 0.291 e. The quantitative estimate of drug-likeness (QED) is 0.307. The number of furan rings is 2. The summed E-state index contributed by atoms with van der Waals surface area (Å²) in [7, 11) is 0. The van der Waals surface area contributed by atoms with E-state index < -0.39 is 0 Å². The van der Waals surface area contributed by atoms with E-state index in [1.165, 1.54) is 6.26 Å². The van der Waals surface area contributed by atoms with Crippen LogP contribution in [-0.4, -0.2) is 26.6 Å². The van der Waals surface area contributed by atoms with E-state index in [1.54, 1.807) is 53.3 Å². The highest BCUT2D eigenvalue weighted by Crippen LogP contribution is 2.30. The van der Waals surface area contributed by atoms with Crippen LogP contribution in [0.3, 0.4) is 0 Å². The standard InChI is InChI=1S/C27H25N5O4/c1-15(2)32-25-22(14-28-32)21(13-23(31-25)20-12-16(3)36-17(20)4)26(33)29-18-7-9-19(10-8-18)30-27(34)24-6-5-11-35-24/h5-15H,1-4H3,(H,29,33)(H,30,34). The van der Waals surface area contributed by atoms with E-state index in [0.29, 0.717) is 33.7 Å². The number of carbonyl (C=O) groups excluding carboxylic acids is 2. The van der Waals surface area contributed by atoms with Gasteiger partial charge >= 0.3 is 0 Å². The zero-order valence-electron chi connectivity index (χ0n) is 20.3. The number of anilines is 2. The summed E-state index contributed by atoms with van der Waals surface area (Å²) >= 11 is 0. The van der Waals surface area contributed by atoms with Crippen molar-refractivity contribution in [2.45, 2.75) is 33.7 Å². The second-order valence-corrected chi connectivity index (χ2v) is 8.77. The number of nitrogens with zero attached hydrogens (tertiary/aromatic N) is 3. The Morgan fingerprint density at radius 1 is 0.972 bits per heavy atom. The summed E-state index contributed by atoms with van der Waals surface area (Å²) in [5.74, 6) is 1.07. The molecule has 2 N–H and O–H groups in total. The van der Waals surface area contributed by atoms with Crippen molar-refractivity contribution in [2.75, 3.05) is 10.6 Å². The SMILES string of the molecule is Cc1cc(-c2cc(C(=O)Nc3ccc(NC(=O)c4ccco4)cc3)c3cnn(C(C)C)c3n2)c(C)o1. The Kier molecular flexibility index (Phi) is 5.89. The molecule has 0 bridgehead atoms. The number of nitrogens with one attached hydrogen (secondary N) is 2. The summed E-state index contributed by atoms with van der Waals surface area (Å²) in [6.07, 6.45) is 3.11. The monoisotopic (exact) mass is 483 g/mol. The maximum absolute atomic E-state index is 13.4. The number of fused-ring (bicyclic) bond motifs is 1. The van der Waals surface area contributed by atoms with Crippen LogP contribution in [0.4, 0.5) is 11.4 Å². The molecule has 9 nitrogen and oxygen atoms in total. The lowest BCUT2D eigenvalue weighted by Crippen LogP contribution is -2.14. The van der Waals surface area contributed by atoms with E-state index in [2.05, 4.69) is 15.7 Å². The molecule has 0 aliphatic heterocycles. The minimum Gasteiger partial charge on any atom is -0.466 e. The Morgan fingerprint density at radius 2 is 1.67 bits per heavy atom. The molecule has 182 valence electrons. The van der Waals surface area contributed by atoms with Crippen LogP contribution in [0, 0.1) is 13.8 Å². The third kappa shape index (κ3) is 4.38. The van der Waals surface area contributed by atoms with Crippen molar-refractivity contribution in [3.05, 3.63) is 83.8 Å². The van der Waals surface area contributed by atoms with E-state index >= 15 is 0 Å². The number of pyridine rings is 1. The minimum atomic E-state index is -0.351. The maximum atomic E-state index is 13.4. The molecule has 0 radical (unpaired) electrons. The number of amides is 2. The van der Waals surface area contributed by atoms with Gasteiger partial charge in [0.1, 0.15) is 11.5 Å². The van der Waals surface area contributed by atoms with Gasteiger partial charge in [0.15, 0.2) is 11.4 Å². The van der Waals surface area contributed by atoms with E-state index in [1.807, 2.05) is 33.8 Å². The average molecular weight is 484 g/mol. The largest absolute Gasteiger partial charge is 0.466 e. The van der Waals surface area contributed by atoms with Crippen molar-refractivity contribution < 1.29 is 18.4 Å². The first-order chi connectivity index (χ1) is 17.3. The summed E-state index contributed by atoms with van der Waals surface area (Å²) in [5.41, 5.74) is 3.70. The van der Waals surface area contributed by atoms with Crippen LogP contribution in [-0.2, 0) is 0 Å². The third-order valence-corrected chi connectivity index (χ3v) is 5.76. The number of hydrogen-bond donors (Lipinski definition) is 2. The summed E-state index contributed by atoms with van der Waals surface area (Å²) in [6, 6.07) is 13.8. The lowest BCUT2D eigenvalue weighted by atomic mass is 10.1. The number of hydrogen-bond acceptors (Lipinski definition) is 6. The zero-order chi connectivity index (χ0) is 25.4. The van der Waals surface area contributed by atoms with Gasteiger partial charge in [0, 0.05) is 23.0 Å². The predicted molar refractivity (Wildman–Crippen MR) is 136 cm³/mol. The summed E-state index contributed by atoms with van der Waals surface area (Å²) in [5, 5.41) is 10.8. The van der Waals surface area contributed by atoms with Crippen LogP contribution in [0.1, 0.15) is 52.3 Å². The van der Waals surface area contributed by atoms with Crippen molar-refractivity contribution in [1.29, 1.82) is 0 Å². The Morgan fingerprint density at radius 3 is 2.25 bits per heavy atom. The third-order valence-electron chi connectivity index (χ3n) is 5.76. The van der Waals surface area contributed by atoms with E-state index in [9.17, 15) is 9.59 Å². The molecule has 4 heterocycles. The molecule has 0 saturated carbocycles. The fourth-order valence-electron chi connectivity index (χ4n) is 4.04. The molecule has 2 amide bonds. The fourth-order valence-corrected chi connectivity index (χ4v) is 4.04. The Balaban J connectivity index is 1.44. The first kappa shape index (κ1) is 23.1. The van der Waals surface area contributed by atoms with Crippen molar-refractivity contribution in [3.63, 3.8) is 0 Å². The second kappa shape index (κ2) is 9.18. The van der Waals surface area contributed by atoms with Crippen molar-refractivity contribution in [3.8, 4) is 11.3 Å². The predicted octanol–water partition coefficient (Wildman–Crippen LogP) is 5.99. The number of aromatic nitrogens is 3. The lowest BCUT2D eigenvalue weighted by Gasteiger charge is -2.11. The highest BCUT2D eigenvalue weighted by atomic mass is 16.3. The van der Waals surface area contributed by atoms with Gasteiger partial charge in [0.05, 0.1) is 29.1 Å². The average Bonchev–Trinajstić information content (AvgIpc) is 3.59. The highest BCUT2D eigenvalue weighted by Gasteiger charge is 2.20. The molecule has 0 unspecified atom stereocenters. The van der Waals surface area contributed by atoms with Crippen LogP contribution in [0.15, 0.2) is 69.8 Å². The molecule has 5 rings (SSSR count). The molecule has 9 heteroatoms. The van der Waals surface area contributed by atoms with Gasteiger partial charge in [-0.05, 0) is 76.2 Å². The number of aryl methyl sites for hydroxylation is 2. The topological polar surface area (TPSA) is 115 Å². The first-order valence-electron chi connectivity index (χ1n) is 11.5. The molecule has 0 atom stereocenters. The first-order valence-corrected chi connectivity index (χ1v) is 11.5. The summed E-state index contributed by atoms with van der Waals surface area (Å²) in [4.78, 5) is 30.4. The molecule has 0 saturated heterocycles. The molecule has 4 aromatic heterocycles. The van der Waals surface area contributed by atoms with Crippen molar-refractivity contribution >= 4 is 34.2 Å². The van der Waals surface area contributed by atoms with Gasteiger partial charge in [-0.2, -0.15) is 5.10 Å². The Labute approximate surface area is 207 Å². The molecule has 0 aliphatic rings. The van der Waals surface area contributed by atoms with Gasteiger partial charge in [-0.15, -0.1) is 0 Å². The van der Waals surface area contributed by atoms with Crippen LogP contribution >= 0.6 is 0 Å². The van der Waals surface area contributed by atoms with Gasteiger partial charge < -0.3 is 19.5 Å². The van der Waals surface area contributed by atoms with Crippen LogP contribution < -0.4 is 10.6 Å². The van der Waals surface area contributed by atoms with Gasteiger partial charge in [-0.25, -0.2) is 9.67 Å². The zero-order valence-corrected chi connectivity index (χ0v) is 20.3. The molecule has 5 aromatic rings. The van der Waals surface area contributed by atoms with E-state index in [0.717, 1.165) is 17.1 Å². The normalized spacial score (nSPS) is 11.2. The minimum absolute atomic E-state index is 0.0669. The Hall–Kier alpha value is -4.66. The number of rotatable bonds is 6. The number of carbonyl (C=O) groups is 2. The van der Waals surface area contributed by atoms with Gasteiger partial charge in [0.2, 0.25) is 0 Å². The summed E-state index contributed by atoms with van der Waals surface area (Å²) < 4.78 is 12.6. The van der Waals surface area contributed by atoms with E-state index in [-0.39, 0.29) is 23.6 Å². The lowest BCUT2D eigenvalue weighted by molar-refractivity contribution is 0.0994. The molecule has 0 fully saturated rings. The van der Waals surface area contributed by atoms with E-state index in [4.69, 9.17) is 13.8 Å². The van der Waals surface area contributed by atoms with Crippen molar-refractivity contribution in [1.82, 2.24) is 14.8 Å².